The Morgan fingerprint density at radius 1 is 1.28 bits per heavy atom. The number of hydrogen-bond donors (Lipinski definition) is 1. The molecule has 1 fully saturated rings. The lowest BCUT2D eigenvalue weighted by molar-refractivity contribution is -0.129. The van der Waals surface area contributed by atoms with Crippen LogP contribution in [0.4, 0.5) is 6.01 Å². The van der Waals surface area contributed by atoms with Crippen molar-refractivity contribution in [2.75, 3.05) is 31.1 Å². The summed E-state index contributed by atoms with van der Waals surface area (Å²) in [7, 11) is 0. The summed E-state index contributed by atoms with van der Waals surface area (Å²) in [6, 6.07) is 0.313. The molecule has 0 radical (unpaired) electrons. The summed E-state index contributed by atoms with van der Waals surface area (Å²) >= 11 is 0. The van der Waals surface area contributed by atoms with E-state index in [9.17, 15) is 9.59 Å². The lowest BCUT2D eigenvalue weighted by Gasteiger charge is -2.33. The SMILES string of the molecule is CC(=O)N1CCN(c2nc(C)c(C(=O)O)o2)CC1. The van der Waals surface area contributed by atoms with Crippen molar-refractivity contribution in [1.82, 2.24) is 9.88 Å². The molecule has 1 aromatic heterocycles. The van der Waals surface area contributed by atoms with Gasteiger partial charge in [-0.3, -0.25) is 4.79 Å². The lowest BCUT2D eigenvalue weighted by Crippen LogP contribution is -2.48. The number of anilines is 1. The van der Waals surface area contributed by atoms with Crippen LogP contribution in [0.2, 0.25) is 0 Å². The van der Waals surface area contributed by atoms with Crippen LogP contribution in [0.1, 0.15) is 23.2 Å². The molecule has 0 aromatic carbocycles. The second-order valence-electron chi connectivity index (χ2n) is 4.21. The van der Waals surface area contributed by atoms with Gasteiger partial charge in [-0.25, -0.2) is 4.79 Å². The third kappa shape index (κ3) is 2.29. The first-order valence-electron chi connectivity index (χ1n) is 5.70. The van der Waals surface area contributed by atoms with Crippen LogP contribution in [0.15, 0.2) is 4.42 Å². The Morgan fingerprint density at radius 3 is 2.33 bits per heavy atom. The van der Waals surface area contributed by atoms with E-state index in [1.807, 2.05) is 4.90 Å². The number of carboxylic acid groups (broad SMARTS) is 1. The highest BCUT2D eigenvalue weighted by atomic mass is 16.4. The highest BCUT2D eigenvalue weighted by Crippen LogP contribution is 2.19. The monoisotopic (exact) mass is 253 g/mol. The number of nitrogens with zero attached hydrogens (tertiary/aromatic N) is 3. The summed E-state index contributed by atoms with van der Waals surface area (Å²) in [4.78, 5) is 29.7. The van der Waals surface area contributed by atoms with Crippen LogP contribution in [-0.2, 0) is 4.79 Å². The first-order valence-corrected chi connectivity index (χ1v) is 5.70. The minimum absolute atomic E-state index is 0.0458. The summed E-state index contributed by atoms with van der Waals surface area (Å²) in [5, 5.41) is 8.89. The van der Waals surface area contributed by atoms with Crippen LogP contribution in [0, 0.1) is 6.92 Å². The number of amides is 1. The van der Waals surface area contributed by atoms with Crippen molar-refractivity contribution in [3.63, 3.8) is 0 Å². The molecule has 0 spiro atoms. The Kier molecular flexibility index (Phi) is 3.22. The summed E-state index contributed by atoms with van der Waals surface area (Å²) in [6.07, 6.45) is 0. The Labute approximate surface area is 104 Å². The molecule has 2 heterocycles. The van der Waals surface area contributed by atoms with Crippen molar-refractivity contribution in [3.8, 4) is 0 Å². The Bertz CT molecular complexity index is 475. The molecule has 1 aromatic rings. The van der Waals surface area contributed by atoms with Gasteiger partial charge in [-0.2, -0.15) is 4.98 Å². The van der Waals surface area contributed by atoms with Crippen molar-refractivity contribution in [2.45, 2.75) is 13.8 Å². The number of aromatic carboxylic acids is 1. The molecule has 2 rings (SSSR count). The summed E-state index contributed by atoms with van der Waals surface area (Å²) < 4.78 is 5.22. The van der Waals surface area contributed by atoms with Crippen LogP contribution < -0.4 is 4.90 Å². The van der Waals surface area contributed by atoms with Gasteiger partial charge in [-0.15, -0.1) is 0 Å². The van der Waals surface area contributed by atoms with E-state index in [-0.39, 0.29) is 11.7 Å². The van der Waals surface area contributed by atoms with E-state index in [4.69, 9.17) is 9.52 Å². The zero-order valence-electron chi connectivity index (χ0n) is 10.3. The number of hydrogen-bond acceptors (Lipinski definition) is 5. The topological polar surface area (TPSA) is 86.9 Å². The van der Waals surface area contributed by atoms with E-state index >= 15 is 0 Å². The molecule has 1 aliphatic rings. The molecular weight excluding hydrogens is 238 g/mol. The first kappa shape index (κ1) is 12.4. The molecule has 0 aliphatic carbocycles. The van der Waals surface area contributed by atoms with Crippen LogP contribution in [0.25, 0.3) is 0 Å². The fraction of sp³-hybridized carbons (Fsp3) is 0.545. The van der Waals surface area contributed by atoms with Crippen molar-refractivity contribution >= 4 is 17.9 Å². The molecule has 1 saturated heterocycles. The molecular formula is C11H15N3O4. The maximum atomic E-state index is 11.2. The molecule has 0 saturated carbocycles. The minimum atomic E-state index is -1.12. The van der Waals surface area contributed by atoms with Gasteiger partial charge in [0.15, 0.2) is 0 Å². The summed E-state index contributed by atoms with van der Waals surface area (Å²) in [5.41, 5.74) is 0.367. The fourth-order valence-corrected chi connectivity index (χ4v) is 1.93. The largest absolute Gasteiger partial charge is 0.475 e. The highest BCUT2D eigenvalue weighted by Gasteiger charge is 2.24. The van der Waals surface area contributed by atoms with Crippen LogP contribution in [-0.4, -0.2) is 53.0 Å². The minimum Gasteiger partial charge on any atom is -0.475 e. The molecule has 1 aliphatic heterocycles. The van der Waals surface area contributed by atoms with E-state index in [1.165, 1.54) is 6.92 Å². The van der Waals surface area contributed by atoms with E-state index in [1.54, 1.807) is 11.8 Å². The van der Waals surface area contributed by atoms with E-state index in [0.717, 1.165) is 0 Å². The van der Waals surface area contributed by atoms with E-state index in [0.29, 0.717) is 37.9 Å². The van der Waals surface area contributed by atoms with Gasteiger partial charge in [-0.1, -0.05) is 0 Å². The van der Waals surface area contributed by atoms with Gasteiger partial charge in [0.2, 0.25) is 11.7 Å². The Balaban J connectivity index is 2.08. The third-order valence-corrected chi connectivity index (χ3v) is 2.98. The van der Waals surface area contributed by atoms with Crippen molar-refractivity contribution < 1.29 is 19.1 Å². The summed E-state index contributed by atoms with van der Waals surface area (Å²) in [6.45, 7) is 5.52. The molecule has 1 N–H and O–H groups in total. The number of aryl methyl sites for hydroxylation is 1. The molecule has 18 heavy (non-hydrogen) atoms. The maximum absolute atomic E-state index is 11.2. The van der Waals surface area contributed by atoms with Gasteiger partial charge in [0.1, 0.15) is 0 Å². The normalized spacial score (nSPS) is 15.9. The van der Waals surface area contributed by atoms with E-state index < -0.39 is 5.97 Å². The Hall–Kier alpha value is -2.05. The van der Waals surface area contributed by atoms with Gasteiger partial charge < -0.3 is 19.3 Å². The van der Waals surface area contributed by atoms with Crippen LogP contribution in [0.5, 0.6) is 0 Å². The predicted octanol–water partition coefficient (Wildman–Crippen LogP) is 0.350. The third-order valence-electron chi connectivity index (χ3n) is 2.98. The van der Waals surface area contributed by atoms with Gasteiger partial charge in [0, 0.05) is 33.1 Å². The van der Waals surface area contributed by atoms with Gasteiger partial charge in [0.05, 0.1) is 5.69 Å². The fourth-order valence-electron chi connectivity index (χ4n) is 1.93. The number of carboxylic acids is 1. The smallest absolute Gasteiger partial charge is 0.373 e. The number of carbonyl (C=O) groups is 2. The second-order valence-corrected chi connectivity index (χ2v) is 4.21. The average Bonchev–Trinajstić information content (AvgIpc) is 2.71. The number of aromatic nitrogens is 1. The molecule has 7 nitrogen and oxygen atoms in total. The molecule has 98 valence electrons. The molecule has 0 unspecified atom stereocenters. The van der Waals surface area contributed by atoms with Crippen LogP contribution >= 0.6 is 0 Å². The molecule has 0 atom stereocenters. The van der Waals surface area contributed by atoms with Crippen LogP contribution in [0.3, 0.4) is 0 Å². The molecule has 1 amide bonds. The predicted molar refractivity (Wildman–Crippen MR) is 62.7 cm³/mol. The zero-order chi connectivity index (χ0) is 13.3. The number of carbonyl (C=O) groups excluding carboxylic acids is 1. The van der Waals surface area contributed by atoms with Crippen molar-refractivity contribution in [1.29, 1.82) is 0 Å². The molecule has 7 heteroatoms. The van der Waals surface area contributed by atoms with Gasteiger partial charge >= 0.3 is 5.97 Å². The number of oxazole rings is 1. The van der Waals surface area contributed by atoms with Gasteiger partial charge in [-0.05, 0) is 6.92 Å². The van der Waals surface area contributed by atoms with Gasteiger partial charge in [0.25, 0.3) is 6.01 Å². The quantitative estimate of drug-likeness (QED) is 0.818. The second kappa shape index (κ2) is 4.67. The van der Waals surface area contributed by atoms with E-state index in [2.05, 4.69) is 4.98 Å². The highest BCUT2D eigenvalue weighted by molar-refractivity contribution is 5.85. The van der Waals surface area contributed by atoms with Crippen molar-refractivity contribution in [2.24, 2.45) is 0 Å². The average molecular weight is 253 g/mol. The number of piperazine rings is 1. The van der Waals surface area contributed by atoms with Crippen molar-refractivity contribution in [3.05, 3.63) is 11.5 Å². The molecule has 0 bridgehead atoms. The maximum Gasteiger partial charge on any atom is 0.373 e. The lowest BCUT2D eigenvalue weighted by atomic mass is 10.3. The summed E-state index contributed by atoms with van der Waals surface area (Å²) in [5.74, 6) is -1.20. The Morgan fingerprint density at radius 2 is 1.89 bits per heavy atom. The zero-order valence-corrected chi connectivity index (χ0v) is 10.3. The standard InChI is InChI=1S/C11H15N3O4/c1-7-9(10(16)17)18-11(12-7)14-5-3-13(4-6-14)8(2)15/h3-6H2,1-2H3,(H,16,17). The first-order chi connectivity index (χ1) is 8.49. The number of rotatable bonds is 2.